The Labute approximate surface area is 97.4 Å². The molecule has 0 saturated heterocycles. The molecule has 0 aromatic heterocycles. The van der Waals surface area contributed by atoms with E-state index < -0.39 is 11.4 Å². The third-order valence-electron chi connectivity index (χ3n) is 2.41. The Morgan fingerprint density at radius 3 is 2.00 bits per heavy atom. The number of amides is 1. The predicted octanol–water partition coefficient (Wildman–Crippen LogP) is 2.04. The molecule has 0 aromatic carbocycles. The predicted molar refractivity (Wildman–Crippen MR) is 63.1 cm³/mol. The van der Waals surface area contributed by atoms with Crippen LogP contribution in [0.5, 0.6) is 0 Å². The third-order valence-corrected chi connectivity index (χ3v) is 2.41. The van der Waals surface area contributed by atoms with Crippen molar-refractivity contribution in [2.45, 2.75) is 47.5 Å². The van der Waals surface area contributed by atoms with E-state index in [2.05, 4.69) is 26.1 Å². The molecule has 4 heteroatoms. The molecule has 0 fully saturated rings. The van der Waals surface area contributed by atoms with Crippen LogP contribution in [-0.2, 0) is 9.59 Å². The van der Waals surface area contributed by atoms with Gasteiger partial charge in [-0.15, -0.1) is 0 Å². The summed E-state index contributed by atoms with van der Waals surface area (Å²) in [6.07, 6.45) is 1.24. The average Bonchev–Trinajstić information content (AvgIpc) is 2.10. The maximum Gasteiger partial charge on any atom is 0.310 e. The Hall–Kier alpha value is -1.06. The third kappa shape index (κ3) is 6.43. The van der Waals surface area contributed by atoms with E-state index >= 15 is 0 Å². The number of hydrogen-bond acceptors (Lipinski definition) is 2. The number of carbonyl (C=O) groups is 2. The SMILES string of the molecule is CC(C)(C)CCC(=O)NCC(C)(C)C(=O)O. The molecule has 0 aliphatic carbocycles. The van der Waals surface area contributed by atoms with Gasteiger partial charge in [0.15, 0.2) is 0 Å². The van der Waals surface area contributed by atoms with E-state index in [4.69, 9.17) is 5.11 Å². The first-order chi connectivity index (χ1) is 7.04. The molecule has 0 bridgehead atoms. The number of carbonyl (C=O) groups excluding carboxylic acids is 1. The van der Waals surface area contributed by atoms with E-state index in [9.17, 15) is 9.59 Å². The van der Waals surface area contributed by atoms with Crippen molar-refractivity contribution < 1.29 is 14.7 Å². The lowest BCUT2D eigenvalue weighted by molar-refractivity contribution is -0.146. The van der Waals surface area contributed by atoms with Crippen LogP contribution in [0.2, 0.25) is 0 Å². The number of carboxylic acid groups (broad SMARTS) is 1. The van der Waals surface area contributed by atoms with E-state index in [0.717, 1.165) is 6.42 Å². The van der Waals surface area contributed by atoms with Gasteiger partial charge in [-0.2, -0.15) is 0 Å². The molecule has 0 aromatic rings. The molecule has 94 valence electrons. The van der Waals surface area contributed by atoms with E-state index in [1.165, 1.54) is 0 Å². The summed E-state index contributed by atoms with van der Waals surface area (Å²) in [5, 5.41) is 11.5. The first kappa shape index (κ1) is 14.9. The summed E-state index contributed by atoms with van der Waals surface area (Å²) in [5.74, 6) is -0.979. The van der Waals surface area contributed by atoms with Gasteiger partial charge in [-0.3, -0.25) is 9.59 Å². The Bertz CT molecular complexity index is 264. The van der Waals surface area contributed by atoms with Crippen LogP contribution in [0.1, 0.15) is 47.5 Å². The number of carboxylic acids is 1. The van der Waals surface area contributed by atoms with Crippen molar-refractivity contribution >= 4 is 11.9 Å². The van der Waals surface area contributed by atoms with E-state index in [-0.39, 0.29) is 17.9 Å². The molecule has 1 amide bonds. The minimum atomic E-state index is -0.905. The summed E-state index contributed by atoms with van der Waals surface area (Å²) in [6.45, 7) is 9.58. The molecule has 16 heavy (non-hydrogen) atoms. The van der Waals surface area contributed by atoms with Crippen LogP contribution in [0.15, 0.2) is 0 Å². The zero-order chi connectivity index (χ0) is 13.0. The van der Waals surface area contributed by atoms with Gasteiger partial charge < -0.3 is 10.4 Å². The molecule has 0 atom stereocenters. The number of hydrogen-bond donors (Lipinski definition) is 2. The Balaban J connectivity index is 3.96. The zero-order valence-corrected chi connectivity index (χ0v) is 10.9. The standard InChI is InChI=1S/C12H23NO3/c1-11(2,3)7-6-9(14)13-8-12(4,5)10(15)16/h6-8H2,1-5H3,(H,13,14)(H,15,16). The lowest BCUT2D eigenvalue weighted by Gasteiger charge is -2.21. The lowest BCUT2D eigenvalue weighted by atomic mass is 9.90. The summed E-state index contributed by atoms with van der Waals surface area (Å²) in [7, 11) is 0. The summed E-state index contributed by atoms with van der Waals surface area (Å²) in [5.41, 5.74) is -0.781. The van der Waals surface area contributed by atoms with Crippen molar-refractivity contribution in [2.24, 2.45) is 10.8 Å². The summed E-state index contributed by atoms with van der Waals surface area (Å²) >= 11 is 0. The smallest absolute Gasteiger partial charge is 0.310 e. The highest BCUT2D eigenvalue weighted by Crippen LogP contribution is 2.20. The monoisotopic (exact) mass is 229 g/mol. The molecule has 0 rings (SSSR count). The summed E-state index contributed by atoms with van der Waals surface area (Å²) < 4.78 is 0. The van der Waals surface area contributed by atoms with Gasteiger partial charge in [0, 0.05) is 13.0 Å². The van der Waals surface area contributed by atoms with Crippen LogP contribution in [-0.4, -0.2) is 23.5 Å². The van der Waals surface area contributed by atoms with Crippen molar-refractivity contribution in [2.75, 3.05) is 6.54 Å². The second kappa shape index (κ2) is 5.32. The second-order valence-corrected chi connectivity index (χ2v) is 6.03. The zero-order valence-electron chi connectivity index (χ0n) is 10.9. The molecule has 0 unspecified atom stereocenters. The van der Waals surface area contributed by atoms with Gasteiger partial charge in [0.1, 0.15) is 0 Å². The molecule has 0 radical (unpaired) electrons. The topological polar surface area (TPSA) is 66.4 Å². The second-order valence-electron chi connectivity index (χ2n) is 6.03. The normalized spacial score (nSPS) is 12.3. The van der Waals surface area contributed by atoms with Gasteiger partial charge in [-0.05, 0) is 25.7 Å². The van der Waals surface area contributed by atoms with E-state index in [1.54, 1.807) is 13.8 Å². The molecule has 0 aliphatic rings. The highest BCUT2D eigenvalue weighted by Gasteiger charge is 2.27. The summed E-state index contributed by atoms with van der Waals surface area (Å²) in [4.78, 5) is 22.3. The Kier molecular flexibility index (Phi) is 4.97. The van der Waals surface area contributed by atoms with Gasteiger partial charge in [-0.1, -0.05) is 20.8 Å². The molecule has 0 heterocycles. The van der Waals surface area contributed by atoms with E-state index in [1.807, 2.05) is 0 Å². The van der Waals surface area contributed by atoms with Gasteiger partial charge >= 0.3 is 5.97 Å². The van der Waals surface area contributed by atoms with Crippen molar-refractivity contribution in [1.29, 1.82) is 0 Å². The van der Waals surface area contributed by atoms with E-state index in [0.29, 0.717) is 6.42 Å². The van der Waals surface area contributed by atoms with Crippen molar-refractivity contribution in [3.05, 3.63) is 0 Å². The molecule has 0 spiro atoms. The molecule has 2 N–H and O–H groups in total. The first-order valence-corrected chi connectivity index (χ1v) is 5.55. The maximum absolute atomic E-state index is 11.5. The fraction of sp³-hybridized carbons (Fsp3) is 0.833. The fourth-order valence-corrected chi connectivity index (χ4v) is 0.972. The summed E-state index contributed by atoms with van der Waals surface area (Å²) in [6, 6.07) is 0. The van der Waals surface area contributed by atoms with Gasteiger partial charge in [0.05, 0.1) is 5.41 Å². The average molecular weight is 229 g/mol. The minimum Gasteiger partial charge on any atom is -0.481 e. The highest BCUT2D eigenvalue weighted by atomic mass is 16.4. The van der Waals surface area contributed by atoms with Crippen LogP contribution in [0.3, 0.4) is 0 Å². The van der Waals surface area contributed by atoms with Crippen LogP contribution < -0.4 is 5.32 Å². The highest BCUT2D eigenvalue weighted by molar-refractivity contribution is 5.78. The lowest BCUT2D eigenvalue weighted by Crippen LogP contribution is -2.39. The van der Waals surface area contributed by atoms with Gasteiger partial charge in [0.25, 0.3) is 0 Å². The Morgan fingerprint density at radius 1 is 1.12 bits per heavy atom. The Morgan fingerprint density at radius 2 is 1.62 bits per heavy atom. The van der Waals surface area contributed by atoms with Crippen molar-refractivity contribution in [1.82, 2.24) is 5.32 Å². The quantitative estimate of drug-likeness (QED) is 0.758. The fourth-order valence-electron chi connectivity index (χ4n) is 0.972. The maximum atomic E-state index is 11.5. The molecular formula is C12H23NO3. The van der Waals surface area contributed by atoms with Crippen molar-refractivity contribution in [3.8, 4) is 0 Å². The van der Waals surface area contributed by atoms with Crippen molar-refractivity contribution in [3.63, 3.8) is 0 Å². The number of nitrogens with one attached hydrogen (secondary N) is 1. The molecule has 0 aliphatic heterocycles. The van der Waals surface area contributed by atoms with Crippen LogP contribution in [0, 0.1) is 10.8 Å². The number of rotatable bonds is 5. The van der Waals surface area contributed by atoms with Crippen LogP contribution >= 0.6 is 0 Å². The van der Waals surface area contributed by atoms with Crippen LogP contribution in [0.25, 0.3) is 0 Å². The van der Waals surface area contributed by atoms with Crippen LogP contribution in [0.4, 0.5) is 0 Å². The largest absolute Gasteiger partial charge is 0.481 e. The number of aliphatic carboxylic acids is 1. The molecule has 4 nitrogen and oxygen atoms in total. The molecule has 0 saturated carbocycles. The first-order valence-electron chi connectivity index (χ1n) is 5.55. The van der Waals surface area contributed by atoms with Gasteiger partial charge in [-0.25, -0.2) is 0 Å². The molecular weight excluding hydrogens is 206 g/mol. The van der Waals surface area contributed by atoms with Gasteiger partial charge in [0.2, 0.25) is 5.91 Å². The minimum absolute atomic E-state index is 0.0794.